The molecule has 24 heavy (non-hydrogen) atoms. The lowest BCUT2D eigenvalue weighted by Crippen LogP contribution is -2.60. The number of rotatable bonds is 3. The summed E-state index contributed by atoms with van der Waals surface area (Å²) in [5, 5.41) is 2.54. The molecular formula is C16H25ClN4O2S. The number of aromatic nitrogens is 1. The van der Waals surface area contributed by atoms with Crippen molar-refractivity contribution < 1.29 is 9.59 Å². The van der Waals surface area contributed by atoms with Gasteiger partial charge in [-0.1, -0.05) is 13.8 Å². The third-order valence-corrected chi connectivity index (χ3v) is 5.84. The van der Waals surface area contributed by atoms with E-state index in [1.807, 2.05) is 25.7 Å². The zero-order valence-electron chi connectivity index (χ0n) is 14.3. The van der Waals surface area contributed by atoms with Gasteiger partial charge in [0, 0.05) is 24.5 Å². The van der Waals surface area contributed by atoms with E-state index in [-0.39, 0.29) is 42.2 Å². The molecule has 2 N–H and O–H groups in total. The van der Waals surface area contributed by atoms with E-state index >= 15 is 0 Å². The Bertz CT molecular complexity index is 621. The van der Waals surface area contributed by atoms with Crippen LogP contribution in [0.1, 0.15) is 55.2 Å². The van der Waals surface area contributed by atoms with Crippen LogP contribution in [0, 0.1) is 5.92 Å². The lowest BCUT2D eigenvalue weighted by molar-refractivity contribution is -0.141. The lowest BCUT2D eigenvalue weighted by atomic mass is 10.1. The van der Waals surface area contributed by atoms with E-state index in [1.165, 1.54) is 11.3 Å². The number of nitrogens with two attached hydrogens (primary N) is 1. The molecule has 0 aromatic carbocycles. The molecule has 0 bridgehead atoms. The number of carbonyl (C=O) groups excluding carboxylic acids is 2. The van der Waals surface area contributed by atoms with E-state index in [1.54, 1.807) is 10.3 Å². The Morgan fingerprint density at radius 1 is 1.46 bits per heavy atom. The van der Waals surface area contributed by atoms with Gasteiger partial charge in [-0.25, -0.2) is 4.98 Å². The summed E-state index contributed by atoms with van der Waals surface area (Å²) >= 11 is 1.42. The van der Waals surface area contributed by atoms with Gasteiger partial charge in [-0.3, -0.25) is 9.59 Å². The topological polar surface area (TPSA) is 79.5 Å². The summed E-state index contributed by atoms with van der Waals surface area (Å²) in [6, 6.07) is -0.410. The predicted octanol–water partition coefficient (Wildman–Crippen LogP) is 2.06. The summed E-state index contributed by atoms with van der Waals surface area (Å²) in [6.45, 7) is 7.30. The molecule has 3 atom stereocenters. The van der Waals surface area contributed by atoms with E-state index in [9.17, 15) is 9.59 Å². The van der Waals surface area contributed by atoms with Crippen LogP contribution < -0.4 is 5.73 Å². The average molecular weight is 373 g/mol. The summed E-state index contributed by atoms with van der Waals surface area (Å²) < 4.78 is 0. The van der Waals surface area contributed by atoms with Crippen LogP contribution in [-0.4, -0.2) is 51.8 Å². The Labute approximate surface area is 152 Å². The highest BCUT2D eigenvalue weighted by Gasteiger charge is 2.42. The number of nitrogens with zero attached hydrogens (tertiary/aromatic N) is 3. The molecule has 2 aliphatic heterocycles. The van der Waals surface area contributed by atoms with Crippen LogP contribution in [0.4, 0.5) is 0 Å². The van der Waals surface area contributed by atoms with Crippen molar-refractivity contribution in [1.29, 1.82) is 0 Å². The van der Waals surface area contributed by atoms with E-state index in [2.05, 4.69) is 4.98 Å². The Morgan fingerprint density at radius 3 is 2.83 bits per heavy atom. The molecule has 2 aliphatic rings. The molecule has 2 fully saturated rings. The largest absolute Gasteiger partial charge is 0.336 e. The fraction of sp³-hybridized carbons (Fsp3) is 0.688. The summed E-state index contributed by atoms with van der Waals surface area (Å²) in [7, 11) is 0. The van der Waals surface area contributed by atoms with Gasteiger partial charge in [0.05, 0.1) is 6.04 Å². The lowest BCUT2D eigenvalue weighted by Gasteiger charge is -2.41. The van der Waals surface area contributed by atoms with Crippen LogP contribution in [0.3, 0.4) is 0 Å². The molecule has 0 spiro atoms. The van der Waals surface area contributed by atoms with E-state index in [0.29, 0.717) is 12.2 Å². The molecule has 1 aromatic rings. The summed E-state index contributed by atoms with van der Waals surface area (Å²) in [5.74, 6) is 0.170. The normalized spacial score (nSPS) is 24.8. The molecule has 1 aromatic heterocycles. The molecule has 134 valence electrons. The maximum absolute atomic E-state index is 12.8. The second kappa shape index (κ2) is 7.37. The summed E-state index contributed by atoms with van der Waals surface area (Å²) in [5.41, 5.74) is 6.52. The van der Waals surface area contributed by atoms with E-state index in [0.717, 1.165) is 24.4 Å². The van der Waals surface area contributed by atoms with Crippen molar-refractivity contribution in [3.05, 3.63) is 16.1 Å². The first kappa shape index (κ1) is 19.1. The fourth-order valence-electron chi connectivity index (χ4n) is 3.30. The minimum absolute atomic E-state index is 0. The van der Waals surface area contributed by atoms with Crippen LogP contribution in [0.5, 0.6) is 0 Å². The van der Waals surface area contributed by atoms with Crippen LogP contribution in [0.15, 0.2) is 5.38 Å². The average Bonchev–Trinajstić information content (AvgIpc) is 3.18. The Kier molecular flexibility index (Phi) is 5.88. The number of carbonyl (C=O) groups is 2. The molecule has 0 aliphatic carbocycles. The third-order valence-electron chi connectivity index (χ3n) is 4.90. The number of halogens is 1. The first-order valence-corrected chi connectivity index (χ1v) is 9.10. The van der Waals surface area contributed by atoms with Gasteiger partial charge in [0.15, 0.2) is 0 Å². The smallest absolute Gasteiger partial charge is 0.274 e. The van der Waals surface area contributed by atoms with Crippen molar-refractivity contribution >= 4 is 35.6 Å². The molecular weight excluding hydrogens is 348 g/mol. The van der Waals surface area contributed by atoms with Gasteiger partial charge in [-0.05, 0) is 25.7 Å². The van der Waals surface area contributed by atoms with Crippen molar-refractivity contribution in [3.63, 3.8) is 0 Å². The molecule has 8 heteroatoms. The zero-order chi connectivity index (χ0) is 16.7. The summed E-state index contributed by atoms with van der Waals surface area (Å²) in [6.07, 6.45) is 2.00. The quantitative estimate of drug-likeness (QED) is 0.880. The van der Waals surface area contributed by atoms with Gasteiger partial charge in [-0.2, -0.15) is 0 Å². The minimum Gasteiger partial charge on any atom is -0.336 e. The highest BCUT2D eigenvalue weighted by atomic mass is 35.5. The van der Waals surface area contributed by atoms with Gasteiger partial charge >= 0.3 is 0 Å². The van der Waals surface area contributed by atoms with Crippen molar-refractivity contribution in [2.24, 2.45) is 11.7 Å². The van der Waals surface area contributed by atoms with Gasteiger partial charge in [0.25, 0.3) is 5.91 Å². The predicted molar refractivity (Wildman–Crippen MR) is 96.4 cm³/mol. The molecule has 3 heterocycles. The van der Waals surface area contributed by atoms with Crippen molar-refractivity contribution in [1.82, 2.24) is 14.8 Å². The molecule has 2 saturated heterocycles. The molecule has 0 saturated carbocycles. The fourth-order valence-corrected chi connectivity index (χ4v) is 4.27. The number of thiazole rings is 1. The van der Waals surface area contributed by atoms with E-state index in [4.69, 9.17) is 5.73 Å². The van der Waals surface area contributed by atoms with Gasteiger partial charge < -0.3 is 15.5 Å². The first-order chi connectivity index (χ1) is 10.9. The second-order valence-electron chi connectivity index (χ2n) is 6.80. The van der Waals surface area contributed by atoms with Crippen molar-refractivity contribution in [2.75, 3.05) is 13.1 Å². The highest BCUT2D eigenvalue weighted by molar-refractivity contribution is 7.09. The molecule has 0 radical (unpaired) electrons. The molecule has 6 nitrogen and oxygen atoms in total. The first-order valence-electron chi connectivity index (χ1n) is 8.22. The zero-order valence-corrected chi connectivity index (χ0v) is 15.9. The third kappa shape index (κ3) is 3.30. The number of amides is 2. The summed E-state index contributed by atoms with van der Waals surface area (Å²) in [4.78, 5) is 33.3. The number of hydrogen-bond donors (Lipinski definition) is 1. The van der Waals surface area contributed by atoms with Crippen molar-refractivity contribution in [3.8, 4) is 0 Å². The number of hydrogen-bond acceptors (Lipinski definition) is 5. The molecule has 0 unspecified atom stereocenters. The van der Waals surface area contributed by atoms with Crippen LogP contribution in [-0.2, 0) is 4.79 Å². The SMILES string of the molecule is CC(C)[C@H](N)c1nc(C(=O)N2C[C@H]3CCCN3C(=O)[C@H]2C)cs1.Cl. The highest BCUT2D eigenvalue weighted by Crippen LogP contribution is 2.28. The van der Waals surface area contributed by atoms with Gasteiger partial charge in [0.2, 0.25) is 5.91 Å². The van der Waals surface area contributed by atoms with Gasteiger partial charge in [0.1, 0.15) is 16.7 Å². The Hall–Kier alpha value is -1.18. The van der Waals surface area contributed by atoms with Gasteiger partial charge in [-0.15, -0.1) is 23.7 Å². The van der Waals surface area contributed by atoms with Crippen molar-refractivity contribution in [2.45, 2.75) is 51.7 Å². The van der Waals surface area contributed by atoms with Crippen LogP contribution in [0.25, 0.3) is 0 Å². The maximum atomic E-state index is 12.8. The standard InChI is InChI=1S/C16H24N4O2S.ClH/c1-9(2)13(17)14-18-12(8-23-14)16(22)20-7-11-5-4-6-19(11)15(21)10(20)3;/h8-11,13H,4-7,17H2,1-3H3;1H/t10-,11-,13+;/m1./s1. The van der Waals surface area contributed by atoms with Crippen LogP contribution in [0.2, 0.25) is 0 Å². The minimum atomic E-state index is -0.416. The maximum Gasteiger partial charge on any atom is 0.274 e. The Balaban J connectivity index is 0.00000208. The molecule has 2 amide bonds. The number of fused-ring (bicyclic) bond motifs is 1. The Morgan fingerprint density at radius 2 is 2.17 bits per heavy atom. The molecule has 3 rings (SSSR count). The monoisotopic (exact) mass is 372 g/mol. The van der Waals surface area contributed by atoms with E-state index < -0.39 is 6.04 Å². The number of piperazine rings is 1. The van der Waals surface area contributed by atoms with Crippen LogP contribution >= 0.6 is 23.7 Å². The second-order valence-corrected chi connectivity index (χ2v) is 7.69.